The summed E-state index contributed by atoms with van der Waals surface area (Å²) in [5, 5.41) is 54.5. The molecule has 1 unspecified atom stereocenters. The molecule has 6 N–H and O–H groups in total. The van der Waals surface area contributed by atoms with Crippen LogP contribution in [-0.2, 0) is 14.4 Å². The molecule has 1 atom stereocenters. The largest absolute Gasteiger partial charge is 0.481 e. The molecule has 0 bridgehead atoms. The number of aliphatic hydroxyl groups is 2. The number of aliphatic hydroxyl groups excluding tert-OH is 1. The van der Waals surface area contributed by atoms with Gasteiger partial charge in [-0.15, -0.1) is 0 Å². The van der Waals surface area contributed by atoms with Gasteiger partial charge in [0.2, 0.25) is 0 Å². The summed E-state index contributed by atoms with van der Waals surface area (Å²) >= 11 is 0. The Morgan fingerprint density at radius 1 is 1.04 bits per heavy atom. The highest BCUT2D eigenvalue weighted by atomic mass is 16.5. The van der Waals surface area contributed by atoms with Crippen molar-refractivity contribution < 1.29 is 45.1 Å². The zero-order valence-electron chi connectivity index (χ0n) is 14.8. The maximum absolute atomic E-state index is 10.3. The van der Waals surface area contributed by atoms with Crippen LogP contribution in [0.3, 0.4) is 0 Å². The Morgan fingerprint density at radius 3 is 1.72 bits per heavy atom. The first kappa shape index (κ1) is 23.2. The molecule has 1 aliphatic heterocycles. The lowest BCUT2D eigenvalue weighted by molar-refractivity contribution is -0.245. The molecule has 1 saturated heterocycles. The standard InChI is InChI=1S/C9H19NO2.C6H8O7/c1-8(2)7(11)5-6-10(12)9(8,3)4;7-3(8)1-6(13,5(11)12)2-4(9)10/h7,11-12H,5-6H2,1-4H3;13H,1-2H2,(H,7,8)(H,9,10)(H,11,12). The fourth-order valence-corrected chi connectivity index (χ4v) is 2.34. The minimum absolute atomic E-state index is 0.264. The van der Waals surface area contributed by atoms with Crippen molar-refractivity contribution in [1.29, 1.82) is 0 Å². The number of hydrogen-bond acceptors (Lipinski definition) is 7. The number of hydroxylamine groups is 2. The molecule has 146 valence electrons. The fraction of sp³-hybridized carbons (Fsp3) is 0.800. The Morgan fingerprint density at radius 2 is 1.44 bits per heavy atom. The van der Waals surface area contributed by atoms with E-state index in [1.165, 1.54) is 5.06 Å². The molecule has 1 heterocycles. The van der Waals surface area contributed by atoms with Crippen LogP contribution in [0.2, 0.25) is 0 Å². The molecule has 0 spiro atoms. The van der Waals surface area contributed by atoms with Crippen molar-refractivity contribution in [3.63, 3.8) is 0 Å². The lowest BCUT2D eigenvalue weighted by atomic mass is 9.67. The van der Waals surface area contributed by atoms with Crippen molar-refractivity contribution in [2.24, 2.45) is 5.41 Å². The zero-order chi connectivity index (χ0) is 20.2. The van der Waals surface area contributed by atoms with Gasteiger partial charge in [0.15, 0.2) is 5.60 Å². The molecule has 0 saturated carbocycles. The number of carbonyl (C=O) groups is 3. The second-order valence-corrected chi connectivity index (χ2v) is 7.19. The first-order chi connectivity index (χ1) is 11.1. The average Bonchev–Trinajstić information content (AvgIpc) is 2.41. The van der Waals surface area contributed by atoms with E-state index >= 15 is 0 Å². The van der Waals surface area contributed by atoms with Crippen molar-refractivity contribution in [1.82, 2.24) is 5.06 Å². The Labute approximate surface area is 145 Å². The third kappa shape index (κ3) is 5.63. The van der Waals surface area contributed by atoms with Crippen molar-refractivity contribution in [2.45, 2.75) is 64.2 Å². The van der Waals surface area contributed by atoms with Gasteiger partial charge in [0.05, 0.1) is 18.9 Å². The van der Waals surface area contributed by atoms with Gasteiger partial charge in [-0.3, -0.25) is 9.59 Å². The maximum atomic E-state index is 10.3. The van der Waals surface area contributed by atoms with Gasteiger partial charge in [-0.1, -0.05) is 13.8 Å². The number of carboxylic acids is 3. The van der Waals surface area contributed by atoms with E-state index in [2.05, 4.69) is 0 Å². The molecule has 1 aliphatic rings. The molecule has 0 aliphatic carbocycles. The lowest BCUT2D eigenvalue weighted by Gasteiger charge is -2.52. The van der Waals surface area contributed by atoms with Crippen LogP contribution in [0.5, 0.6) is 0 Å². The van der Waals surface area contributed by atoms with Gasteiger partial charge in [-0.25, -0.2) is 4.79 Å². The topological polar surface area (TPSA) is 176 Å². The molecule has 0 aromatic heterocycles. The van der Waals surface area contributed by atoms with E-state index in [0.29, 0.717) is 13.0 Å². The molecule has 25 heavy (non-hydrogen) atoms. The number of nitrogens with zero attached hydrogens (tertiary/aromatic N) is 1. The van der Waals surface area contributed by atoms with E-state index in [0.717, 1.165) is 0 Å². The molecular weight excluding hydrogens is 338 g/mol. The number of rotatable bonds is 5. The van der Waals surface area contributed by atoms with Crippen LogP contribution in [0.25, 0.3) is 0 Å². The van der Waals surface area contributed by atoms with Crippen LogP contribution in [0.4, 0.5) is 0 Å². The number of piperidine rings is 1. The Bertz CT molecular complexity index is 479. The average molecular weight is 365 g/mol. The molecular formula is C15H27NO9. The van der Waals surface area contributed by atoms with E-state index in [1.807, 2.05) is 27.7 Å². The highest BCUT2D eigenvalue weighted by Gasteiger charge is 2.49. The summed E-state index contributed by atoms with van der Waals surface area (Å²) in [5.41, 5.74) is -3.36. The molecule has 1 rings (SSSR count). The van der Waals surface area contributed by atoms with Gasteiger partial charge in [-0.05, 0) is 20.3 Å². The summed E-state index contributed by atoms with van der Waals surface area (Å²) in [6, 6.07) is 0. The summed E-state index contributed by atoms with van der Waals surface area (Å²) in [6.07, 6.45) is -1.97. The van der Waals surface area contributed by atoms with Gasteiger partial charge >= 0.3 is 17.9 Å². The van der Waals surface area contributed by atoms with Crippen LogP contribution < -0.4 is 0 Å². The van der Waals surface area contributed by atoms with Crippen LogP contribution in [0.1, 0.15) is 47.0 Å². The van der Waals surface area contributed by atoms with Gasteiger partial charge in [0, 0.05) is 17.5 Å². The summed E-state index contributed by atoms with van der Waals surface area (Å²) < 4.78 is 0. The third-order valence-electron chi connectivity index (χ3n) is 4.95. The predicted molar refractivity (Wildman–Crippen MR) is 84.1 cm³/mol. The second kappa shape index (κ2) is 8.09. The van der Waals surface area contributed by atoms with Gasteiger partial charge < -0.3 is 30.7 Å². The SMILES string of the molecule is CC1(C)C(O)CCN(O)C1(C)C.O=C(O)CC(O)(CC(=O)O)C(=O)O. The number of carboxylic acid groups (broad SMARTS) is 3. The normalized spacial score (nSPS) is 22.4. The first-order valence-electron chi connectivity index (χ1n) is 7.62. The third-order valence-corrected chi connectivity index (χ3v) is 4.95. The highest BCUT2D eigenvalue weighted by molar-refractivity contribution is 5.88. The molecule has 0 aromatic rings. The summed E-state index contributed by atoms with van der Waals surface area (Å²) in [4.78, 5) is 30.5. The summed E-state index contributed by atoms with van der Waals surface area (Å²) in [5.74, 6) is -5.02. The quantitative estimate of drug-likeness (QED) is 0.389. The maximum Gasteiger partial charge on any atom is 0.336 e. The van der Waals surface area contributed by atoms with Gasteiger partial charge in [0.1, 0.15) is 0 Å². The minimum Gasteiger partial charge on any atom is -0.481 e. The van der Waals surface area contributed by atoms with Crippen LogP contribution in [0, 0.1) is 5.41 Å². The van der Waals surface area contributed by atoms with Crippen LogP contribution >= 0.6 is 0 Å². The van der Waals surface area contributed by atoms with E-state index in [4.69, 9.17) is 20.4 Å². The molecule has 10 heteroatoms. The smallest absolute Gasteiger partial charge is 0.336 e. The molecule has 0 radical (unpaired) electrons. The van der Waals surface area contributed by atoms with Gasteiger partial charge in [-0.2, -0.15) is 5.06 Å². The Kier molecular flexibility index (Phi) is 7.52. The molecule has 1 fully saturated rings. The van der Waals surface area contributed by atoms with Crippen molar-refractivity contribution in [3.8, 4) is 0 Å². The van der Waals surface area contributed by atoms with E-state index in [1.54, 1.807) is 0 Å². The van der Waals surface area contributed by atoms with Crippen LogP contribution in [-0.4, -0.2) is 77.5 Å². The van der Waals surface area contributed by atoms with Crippen molar-refractivity contribution in [2.75, 3.05) is 6.54 Å². The van der Waals surface area contributed by atoms with Crippen molar-refractivity contribution >= 4 is 17.9 Å². The summed E-state index contributed by atoms with van der Waals surface area (Å²) in [6.45, 7) is 8.43. The Balaban J connectivity index is 0.000000462. The monoisotopic (exact) mass is 365 g/mol. The highest BCUT2D eigenvalue weighted by Crippen LogP contribution is 2.42. The molecule has 10 nitrogen and oxygen atoms in total. The Hall–Kier alpha value is -1.75. The predicted octanol–water partition coefficient (Wildman–Crippen LogP) is -0.00150. The first-order valence-corrected chi connectivity index (χ1v) is 7.62. The minimum atomic E-state index is -2.74. The van der Waals surface area contributed by atoms with Crippen LogP contribution in [0.15, 0.2) is 0 Å². The van der Waals surface area contributed by atoms with E-state index < -0.39 is 36.4 Å². The number of aliphatic carboxylic acids is 3. The fourth-order valence-electron chi connectivity index (χ4n) is 2.34. The van der Waals surface area contributed by atoms with Gasteiger partial charge in [0.25, 0.3) is 0 Å². The van der Waals surface area contributed by atoms with E-state index in [-0.39, 0.29) is 17.1 Å². The zero-order valence-corrected chi connectivity index (χ0v) is 14.8. The number of hydrogen-bond donors (Lipinski definition) is 6. The van der Waals surface area contributed by atoms with Crippen molar-refractivity contribution in [3.05, 3.63) is 0 Å². The second-order valence-electron chi connectivity index (χ2n) is 7.19. The lowest BCUT2D eigenvalue weighted by Crippen LogP contribution is -2.61. The van der Waals surface area contributed by atoms with E-state index in [9.17, 15) is 24.7 Å². The summed E-state index contributed by atoms with van der Waals surface area (Å²) in [7, 11) is 0. The molecule has 0 aromatic carbocycles. The molecule has 0 amide bonds.